The van der Waals surface area contributed by atoms with Crippen molar-refractivity contribution in [3.63, 3.8) is 0 Å². The maximum absolute atomic E-state index is 5.87. The molecule has 3 N–H and O–H groups in total. The van der Waals surface area contributed by atoms with Crippen LogP contribution in [0.15, 0.2) is 33.8 Å². The quantitative estimate of drug-likeness (QED) is 0.462. The van der Waals surface area contributed by atoms with Gasteiger partial charge in [-0.15, -0.1) is 0 Å². The van der Waals surface area contributed by atoms with Crippen molar-refractivity contribution in [3.05, 3.63) is 36.0 Å². The van der Waals surface area contributed by atoms with E-state index in [1.54, 1.807) is 7.11 Å². The molecule has 0 radical (unpaired) electrons. The Kier molecular flexibility index (Phi) is 5.96. The number of aryl methyl sites for hydroxylation is 1. The summed E-state index contributed by atoms with van der Waals surface area (Å²) in [6.07, 6.45) is 1.48. The third-order valence-corrected chi connectivity index (χ3v) is 3.17. The van der Waals surface area contributed by atoms with Gasteiger partial charge in [-0.2, -0.15) is 4.98 Å². The molecule has 0 aliphatic rings. The van der Waals surface area contributed by atoms with Gasteiger partial charge in [-0.25, -0.2) is 0 Å². The zero-order valence-electron chi connectivity index (χ0n) is 13.7. The molecule has 1 heterocycles. The molecule has 0 atom stereocenters. The van der Waals surface area contributed by atoms with E-state index in [2.05, 4.69) is 20.4 Å². The molecule has 0 aliphatic heterocycles. The highest BCUT2D eigenvalue weighted by Crippen LogP contribution is 2.16. The van der Waals surface area contributed by atoms with Gasteiger partial charge in [-0.3, -0.25) is 4.99 Å². The first-order valence-electron chi connectivity index (χ1n) is 7.62. The smallest absolute Gasteiger partial charge is 0.226 e. The first-order valence-corrected chi connectivity index (χ1v) is 7.62. The second kappa shape index (κ2) is 8.17. The van der Waals surface area contributed by atoms with Crippen molar-refractivity contribution < 1.29 is 9.26 Å². The maximum atomic E-state index is 5.87. The fourth-order valence-corrected chi connectivity index (χ4v) is 1.92. The Hall–Kier alpha value is -2.57. The van der Waals surface area contributed by atoms with E-state index in [1.165, 1.54) is 0 Å². The van der Waals surface area contributed by atoms with E-state index in [4.69, 9.17) is 15.0 Å². The van der Waals surface area contributed by atoms with Crippen LogP contribution in [0.1, 0.15) is 37.9 Å². The average Bonchev–Trinajstić information content (AvgIpc) is 3.01. The van der Waals surface area contributed by atoms with Crippen LogP contribution < -0.4 is 15.8 Å². The van der Waals surface area contributed by atoms with Crippen LogP contribution >= 0.6 is 0 Å². The summed E-state index contributed by atoms with van der Waals surface area (Å²) < 4.78 is 10.3. The minimum absolute atomic E-state index is 0.272. The number of aliphatic imine (C=N–C) groups is 1. The van der Waals surface area contributed by atoms with Gasteiger partial charge < -0.3 is 20.3 Å². The summed E-state index contributed by atoms with van der Waals surface area (Å²) in [5, 5.41) is 6.96. The van der Waals surface area contributed by atoms with Gasteiger partial charge in [0.15, 0.2) is 11.8 Å². The van der Waals surface area contributed by atoms with E-state index in [0.717, 1.165) is 23.7 Å². The number of benzene rings is 1. The Balaban J connectivity index is 1.78. The summed E-state index contributed by atoms with van der Waals surface area (Å²) in [5.74, 6) is 2.78. The number of ether oxygens (including phenoxy) is 1. The summed E-state index contributed by atoms with van der Waals surface area (Å²) in [4.78, 5) is 8.61. The van der Waals surface area contributed by atoms with Gasteiger partial charge in [0.25, 0.3) is 0 Å². The van der Waals surface area contributed by atoms with Crippen LogP contribution in [0.5, 0.6) is 5.75 Å². The van der Waals surface area contributed by atoms with Crippen LogP contribution in [0.25, 0.3) is 0 Å². The number of rotatable bonds is 7. The van der Waals surface area contributed by atoms with E-state index >= 15 is 0 Å². The van der Waals surface area contributed by atoms with E-state index in [1.807, 2.05) is 38.1 Å². The molecule has 0 bridgehead atoms. The highest BCUT2D eigenvalue weighted by molar-refractivity contribution is 5.92. The Morgan fingerprint density at radius 1 is 1.43 bits per heavy atom. The Bertz CT molecular complexity index is 651. The summed E-state index contributed by atoms with van der Waals surface area (Å²) in [7, 11) is 1.62. The number of anilines is 1. The van der Waals surface area contributed by atoms with Crippen molar-refractivity contribution in [2.75, 3.05) is 19.0 Å². The second-order valence-electron chi connectivity index (χ2n) is 5.43. The molecule has 1 aromatic heterocycles. The van der Waals surface area contributed by atoms with Crippen molar-refractivity contribution in [1.82, 2.24) is 10.1 Å². The topological polar surface area (TPSA) is 98.6 Å². The van der Waals surface area contributed by atoms with Crippen molar-refractivity contribution >= 4 is 11.6 Å². The molecular formula is C16H23N5O2. The summed E-state index contributed by atoms with van der Waals surface area (Å²) in [5.41, 5.74) is 6.70. The molecule has 0 fully saturated rings. The molecule has 0 amide bonds. The number of nitrogens with two attached hydrogens (primary N) is 1. The molecule has 124 valence electrons. The van der Waals surface area contributed by atoms with Crippen LogP contribution in [0.3, 0.4) is 0 Å². The number of hydrogen-bond acceptors (Lipinski definition) is 5. The largest absolute Gasteiger partial charge is 0.497 e. The molecule has 2 aromatic rings. The molecule has 1 aromatic carbocycles. The van der Waals surface area contributed by atoms with Crippen molar-refractivity contribution in [1.29, 1.82) is 0 Å². The van der Waals surface area contributed by atoms with E-state index < -0.39 is 0 Å². The lowest BCUT2D eigenvalue weighted by molar-refractivity contribution is 0.369. The zero-order valence-corrected chi connectivity index (χ0v) is 13.7. The number of aromatic nitrogens is 2. The molecule has 0 saturated carbocycles. The molecule has 0 unspecified atom stereocenters. The average molecular weight is 317 g/mol. The molecule has 2 rings (SSSR count). The Morgan fingerprint density at radius 3 is 2.96 bits per heavy atom. The monoisotopic (exact) mass is 317 g/mol. The van der Waals surface area contributed by atoms with E-state index in [-0.39, 0.29) is 5.92 Å². The lowest BCUT2D eigenvalue weighted by Crippen LogP contribution is -2.22. The molecule has 7 heteroatoms. The predicted octanol–water partition coefficient (Wildman–Crippen LogP) is 2.56. The molecule has 0 saturated heterocycles. The number of nitrogens with zero attached hydrogens (tertiary/aromatic N) is 3. The van der Waals surface area contributed by atoms with Crippen LogP contribution in [-0.2, 0) is 6.42 Å². The highest BCUT2D eigenvalue weighted by Gasteiger charge is 2.08. The molecule has 0 aliphatic carbocycles. The van der Waals surface area contributed by atoms with Gasteiger partial charge in [0.05, 0.1) is 7.11 Å². The van der Waals surface area contributed by atoms with Gasteiger partial charge >= 0.3 is 0 Å². The molecule has 23 heavy (non-hydrogen) atoms. The van der Waals surface area contributed by atoms with Crippen molar-refractivity contribution in [2.24, 2.45) is 10.7 Å². The summed E-state index contributed by atoms with van der Waals surface area (Å²) in [6, 6.07) is 7.51. The first-order chi connectivity index (χ1) is 11.1. The minimum Gasteiger partial charge on any atom is -0.497 e. The third kappa shape index (κ3) is 5.28. The zero-order chi connectivity index (χ0) is 16.7. The number of nitrogens with one attached hydrogen (secondary N) is 1. The second-order valence-corrected chi connectivity index (χ2v) is 5.43. The molecular weight excluding hydrogens is 294 g/mol. The SMILES string of the molecule is COc1cccc(NC(N)=NCCCc2nc(C(C)C)no2)c1. The summed E-state index contributed by atoms with van der Waals surface area (Å²) >= 11 is 0. The van der Waals surface area contributed by atoms with Gasteiger partial charge in [0, 0.05) is 30.6 Å². The fraction of sp³-hybridized carbons (Fsp3) is 0.438. The van der Waals surface area contributed by atoms with Gasteiger partial charge in [-0.1, -0.05) is 25.1 Å². The van der Waals surface area contributed by atoms with Crippen molar-refractivity contribution in [3.8, 4) is 5.75 Å². The van der Waals surface area contributed by atoms with Crippen LogP contribution in [-0.4, -0.2) is 29.8 Å². The van der Waals surface area contributed by atoms with Crippen LogP contribution in [0, 0.1) is 0 Å². The predicted molar refractivity (Wildman–Crippen MR) is 89.8 cm³/mol. The van der Waals surface area contributed by atoms with Gasteiger partial charge in [0.2, 0.25) is 5.89 Å². The summed E-state index contributed by atoms with van der Waals surface area (Å²) in [6.45, 7) is 4.65. The Labute approximate surface area is 135 Å². The van der Waals surface area contributed by atoms with E-state index in [9.17, 15) is 0 Å². The lowest BCUT2D eigenvalue weighted by Gasteiger charge is -2.07. The van der Waals surface area contributed by atoms with Gasteiger partial charge in [0.1, 0.15) is 5.75 Å². The number of guanidine groups is 1. The Morgan fingerprint density at radius 2 is 2.26 bits per heavy atom. The number of hydrogen-bond donors (Lipinski definition) is 2. The number of methoxy groups -OCH3 is 1. The van der Waals surface area contributed by atoms with Gasteiger partial charge in [-0.05, 0) is 18.6 Å². The minimum atomic E-state index is 0.272. The standard InChI is InChI=1S/C16H23N5O2/c1-11(2)15-20-14(23-21-15)8-5-9-18-16(17)19-12-6-4-7-13(10-12)22-3/h4,6-7,10-11H,5,8-9H2,1-3H3,(H3,17,18,19). The van der Waals surface area contributed by atoms with E-state index in [0.29, 0.717) is 24.8 Å². The fourth-order valence-electron chi connectivity index (χ4n) is 1.92. The van der Waals surface area contributed by atoms with Crippen LogP contribution in [0.2, 0.25) is 0 Å². The van der Waals surface area contributed by atoms with Crippen LogP contribution in [0.4, 0.5) is 5.69 Å². The third-order valence-electron chi connectivity index (χ3n) is 3.17. The maximum Gasteiger partial charge on any atom is 0.226 e. The highest BCUT2D eigenvalue weighted by atomic mass is 16.5. The normalized spacial score (nSPS) is 11.7. The lowest BCUT2D eigenvalue weighted by atomic mass is 10.2. The molecule has 0 spiro atoms. The van der Waals surface area contributed by atoms with Crippen molar-refractivity contribution in [2.45, 2.75) is 32.6 Å². The molecule has 7 nitrogen and oxygen atoms in total. The first kappa shape index (κ1) is 16.8.